The molecule has 1 aliphatic heterocycles. The molecule has 1 aliphatic rings. The molecule has 1 aromatic heterocycles. The van der Waals surface area contributed by atoms with Crippen LogP contribution in [0.1, 0.15) is 17.7 Å². The molecule has 2 N–H and O–H groups in total. The Balaban J connectivity index is 1.87. The summed E-state index contributed by atoms with van der Waals surface area (Å²) in [5, 5.41) is 3.18. The molecule has 5 nitrogen and oxygen atoms in total. The van der Waals surface area contributed by atoms with Crippen LogP contribution in [0.15, 0.2) is 41.3 Å². The first-order chi connectivity index (χ1) is 12.6. The average molecular weight is 441 g/mol. The first-order valence-electron chi connectivity index (χ1n) is 7.96. The second kappa shape index (κ2) is 7.59. The standard InChI is InChI=1S/C16H16ClF3N2O3S2/c17-14-6-5-13(26-14)15(7-9-21-10-8-15)22-27(23,24)12-3-1-11(2-4-12)25-16(18,19)20/h1-6,21-22H,7-10H2. The fourth-order valence-electron chi connectivity index (χ4n) is 2.96. The Morgan fingerprint density at radius 1 is 1.11 bits per heavy atom. The number of alkyl halides is 3. The van der Waals surface area contributed by atoms with Gasteiger partial charge >= 0.3 is 6.36 Å². The third kappa shape index (κ3) is 4.94. The van der Waals surface area contributed by atoms with Crippen molar-refractivity contribution >= 4 is 33.0 Å². The minimum absolute atomic E-state index is 0.141. The maximum atomic E-state index is 12.9. The quantitative estimate of drug-likeness (QED) is 0.741. The molecule has 2 heterocycles. The molecule has 0 atom stereocenters. The van der Waals surface area contributed by atoms with Gasteiger partial charge in [-0.2, -0.15) is 4.72 Å². The van der Waals surface area contributed by atoms with Crippen LogP contribution in [0.4, 0.5) is 13.2 Å². The number of hydrogen-bond donors (Lipinski definition) is 2. The molecule has 0 bridgehead atoms. The van der Waals surface area contributed by atoms with Crippen LogP contribution in [0.25, 0.3) is 0 Å². The molecule has 27 heavy (non-hydrogen) atoms. The summed E-state index contributed by atoms with van der Waals surface area (Å²) in [6.45, 7) is 1.24. The molecule has 1 aromatic carbocycles. The van der Waals surface area contributed by atoms with E-state index in [0.717, 1.165) is 29.1 Å². The van der Waals surface area contributed by atoms with Crippen LogP contribution in [0.5, 0.6) is 5.75 Å². The first-order valence-corrected chi connectivity index (χ1v) is 10.6. The van der Waals surface area contributed by atoms with E-state index in [1.54, 1.807) is 12.1 Å². The summed E-state index contributed by atoms with van der Waals surface area (Å²) in [7, 11) is -3.97. The van der Waals surface area contributed by atoms with Gasteiger partial charge in [-0.25, -0.2) is 8.42 Å². The van der Waals surface area contributed by atoms with Gasteiger partial charge in [-0.1, -0.05) is 11.6 Å². The van der Waals surface area contributed by atoms with E-state index in [9.17, 15) is 21.6 Å². The van der Waals surface area contributed by atoms with E-state index in [1.807, 2.05) is 0 Å². The zero-order valence-corrected chi connectivity index (χ0v) is 16.2. The van der Waals surface area contributed by atoms with E-state index in [1.165, 1.54) is 11.3 Å². The third-order valence-corrected chi connectivity index (χ3v) is 7.19. The molecule has 0 spiro atoms. The molecule has 0 radical (unpaired) electrons. The molecule has 0 saturated carbocycles. The van der Waals surface area contributed by atoms with Gasteiger partial charge in [0.05, 0.1) is 14.8 Å². The molecule has 11 heteroatoms. The number of thiophene rings is 1. The Kier molecular flexibility index (Phi) is 5.74. The number of ether oxygens (including phenoxy) is 1. The highest BCUT2D eigenvalue weighted by Gasteiger charge is 2.39. The lowest BCUT2D eigenvalue weighted by Crippen LogP contribution is -2.51. The molecule has 3 rings (SSSR count). The topological polar surface area (TPSA) is 67.4 Å². The number of hydrogen-bond acceptors (Lipinski definition) is 5. The van der Waals surface area contributed by atoms with Crippen molar-refractivity contribution in [3.05, 3.63) is 45.6 Å². The maximum Gasteiger partial charge on any atom is 0.573 e. The van der Waals surface area contributed by atoms with Crippen molar-refractivity contribution in [2.45, 2.75) is 29.6 Å². The fraction of sp³-hybridized carbons (Fsp3) is 0.375. The lowest BCUT2D eigenvalue weighted by molar-refractivity contribution is -0.274. The molecule has 0 aliphatic carbocycles. The summed E-state index contributed by atoms with van der Waals surface area (Å²) < 4.78 is 69.6. The minimum atomic E-state index is -4.84. The van der Waals surface area contributed by atoms with Gasteiger partial charge in [-0.05, 0) is 62.3 Å². The fourth-order valence-corrected chi connectivity index (χ4v) is 5.71. The predicted octanol–water partition coefficient (Wildman–Crippen LogP) is 3.86. The molecule has 148 valence electrons. The van der Waals surface area contributed by atoms with Crippen LogP contribution in [0.3, 0.4) is 0 Å². The number of piperidine rings is 1. The maximum absolute atomic E-state index is 12.9. The van der Waals surface area contributed by atoms with Crippen molar-refractivity contribution in [3.63, 3.8) is 0 Å². The highest BCUT2D eigenvalue weighted by molar-refractivity contribution is 7.89. The van der Waals surface area contributed by atoms with Crippen LogP contribution in [-0.4, -0.2) is 27.9 Å². The summed E-state index contributed by atoms with van der Waals surface area (Å²) in [5.41, 5.74) is -0.816. The zero-order valence-electron chi connectivity index (χ0n) is 13.8. The van der Waals surface area contributed by atoms with Gasteiger partial charge < -0.3 is 10.1 Å². The summed E-state index contributed by atoms with van der Waals surface area (Å²) in [4.78, 5) is 0.659. The normalized spacial score (nSPS) is 17.6. The average Bonchev–Trinajstić information content (AvgIpc) is 3.01. The predicted molar refractivity (Wildman–Crippen MR) is 96.6 cm³/mol. The Morgan fingerprint density at radius 2 is 1.74 bits per heavy atom. The van der Waals surface area contributed by atoms with Crippen LogP contribution in [0, 0.1) is 0 Å². The first kappa shape index (κ1) is 20.4. The largest absolute Gasteiger partial charge is 0.573 e. The van der Waals surface area contributed by atoms with Gasteiger partial charge in [0.1, 0.15) is 5.75 Å². The van der Waals surface area contributed by atoms with Gasteiger partial charge in [0.15, 0.2) is 0 Å². The van der Waals surface area contributed by atoms with Crippen LogP contribution in [-0.2, 0) is 15.6 Å². The molecule has 1 saturated heterocycles. The summed E-state index contributed by atoms with van der Waals surface area (Å²) >= 11 is 7.32. The van der Waals surface area contributed by atoms with Crippen LogP contribution < -0.4 is 14.8 Å². The van der Waals surface area contributed by atoms with Gasteiger partial charge in [-0.3, -0.25) is 0 Å². The van der Waals surface area contributed by atoms with Gasteiger partial charge in [0.25, 0.3) is 0 Å². The lowest BCUT2D eigenvalue weighted by Gasteiger charge is -2.37. The highest BCUT2D eigenvalue weighted by atomic mass is 35.5. The van der Waals surface area contributed by atoms with Crippen molar-refractivity contribution in [2.24, 2.45) is 0 Å². The summed E-state index contributed by atoms with van der Waals surface area (Å²) in [6.07, 6.45) is -3.78. The SMILES string of the molecule is O=S(=O)(NC1(c2ccc(Cl)s2)CCNCC1)c1ccc(OC(F)(F)F)cc1. The van der Waals surface area contributed by atoms with Crippen LogP contribution >= 0.6 is 22.9 Å². The van der Waals surface area contributed by atoms with E-state index in [4.69, 9.17) is 11.6 Å². The molecule has 1 fully saturated rings. The van der Waals surface area contributed by atoms with Crippen molar-refractivity contribution in [3.8, 4) is 5.75 Å². The molecule has 2 aromatic rings. The van der Waals surface area contributed by atoms with Crippen LogP contribution in [0.2, 0.25) is 4.34 Å². The van der Waals surface area contributed by atoms with E-state index in [0.29, 0.717) is 30.3 Å². The van der Waals surface area contributed by atoms with Gasteiger partial charge in [0, 0.05) is 4.88 Å². The van der Waals surface area contributed by atoms with Crippen molar-refractivity contribution in [1.82, 2.24) is 10.0 Å². The molecular formula is C16H16ClF3N2O3S2. The van der Waals surface area contributed by atoms with Crippen molar-refractivity contribution in [2.75, 3.05) is 13.1 Å². The highest BCUT2D eigenvalue weighted by Crippen LogP contribution is 2.38. The van der Waals surface area contributed by atoms with E-state index in [-0.39, 0.29) is 4.90 Å². The molecular weight excluding hydrogens is 425 g/mol. The summed E-state index contributed by atoms with van der Waals surface area (Å²) in [5.74, 6) is -0.483. The monoisotopic (exact) mass is 440 g/mol. The van der Waals surface area contributed by atoms with E-state index >= 15 is 0 Å². The summed E-state index contributed by atoms with van der Waals surface area (Å²) in [6, 6.07) is 7.61. The second-order valence-corrected chi connectivity index (χ2v) is 9.46. The lowest BCUT2D eigenvalue weighted by atomic mass is 9.88. The number of benzene rings is 1. The van der Waals surface area contributed by atoms with Crippen molar-refractivity contribution in [1.29, 1.82) is 0 Å². The van der Waals surface area contributed by atoms with E-state index in [2.05, 4.69) is 14.8 Å². The minimum Gasteiger partial charge on any atom is -0.406 e. The van der Waals surface area contributed by atoms with Crippen molar-refractivity contribution < 1.29 is 26.3 Å². The third-order valence-electron chi connectivity index (χ3n) is 4.20. The van der Waals surface area contributed by atoms with Gasteiger partial charge in [-0.15, -0.1) is 24.5 Å². The smallest absolute Gasteiger partial charge is 0.406 e. The number of sulfonamides is 1. The number of halogens is 4. The molecule has 0 unspecified atom stereocenters. The Bertz CT molecular complexity index is 892. The van der Waals surface area contributed by atoms with Gasteiger partial charge in [0.2, 0.25) is 10.0 Å². The second-order valence-electron chi connectivity index (χ2n) is 6.06. The number of rotatable bonds is 5. The molecule has 0 amide bonds. The Morgan fingerprint density at radius 3 is 2.26 bits per heavy atom. The Labute approximate surface area is 163 Å². The number of nitrogens with one attached hydrogen (secondary N) is 2. The zero-order chi connectivity index (χ0) is 19.7. The van der Waals surface area contributed by atoms with E-state index < -0.39 is 27.7 Å². The Hall–Kier alpha value is -1.33.